The molecule has 0 heterocycles. The molecule has 0 aliphatic rings. The van der Waals surface area contributed by atoms with Crippen molar-refractivity contribution >= 4 is 5.97 Å². The van der Waals surface area contributed by atoms with E-state index in [0.29, 0.717) is 19.6 Å². The zero-order valence-corrected chi connectivity index (χ0v) is 25.3. The van der Waals surface area contributed by atoms with E-state index < -0.39 is 5.60 Å². The fraction of sp³-hybridized carbons (Fsp3) is 0.966. The molecule has 5 heteroatoms. The van der Waals surface area contributed by atoms with Crippen LogP contribution < -0.4 is 0 Å². The van der Waals surface area contributed by atoms with Crippen molar-refractivity contribution in [2.45, 2.75) is 140 Å². The van der Waals surface area contributed by atoms with Crippen molar-refractivity contribution < 1.29 is 23.7 Å². The van der Waals surface area contributed by atoms with E-state index in [4.69, 9.17) is 18.9 Å². The lowest BCUT2D eigenvalue weighted by Gasteiger charge is -2.48. The Balaban J connectivity index is 4.98. The number of rotatable bonds is 16. The lowest BCUT2D eigenvalue weighted by Crippen LogP contribution is -2.49. The quantitative estimate of drug-likeness (QED) is 0.212. The van der Waals surface area contributed by atoms with Crippen molar-refractivity contribution in [1.29, 1.82) is 0 Å². The Morgan fingerprint density at radius 3 is 1.71 bits per heavy atom. The second-order valence-electron chi connectivity index (χ2n) is 13.4. The third-order valence-electron chi connectivity index (χ3n) is 8.30. The minimum atomic E-state index is -0.550. The summed E-state index contributed by atoms with van der Waals surface area (Å²) in [7, 11) is 0. The van der Waals surface area contributed by atoms with Crippen LogP contribution in [0, 0.1) is 22.7 Å². The molecule has 0 bridgehead atoms. The Hall–Kier alpha value is -0.650. The van der Waals surface area contributed by atoms with Crippen LogP contribution in [-0.2, 0) is 23.7 Å². The zero-order chi connectivity index (χ0) is 27.2. The minimum Gasteiger partial charge on any atom is -0.459 e. The van der Waals surface area contributed by atoms with Crippen LogP contribution in [0.15, 0.2) is 0 Å². The number of ether oxygens (including phenoxy) is 4. The molecule has 0 aliphatic carbocycles. The summed E-state index contributed by atoms with van der Waals surface area (Å²) in [6, 6.07) is 0. The predicted octanol–water partition coefficient (Wildman–Crippen LogP) is 7.45. The maximum atomic E-state index is 12.0. The topological polar surface area (TPSA) is 54.0 Å². The van der Waals surface area contributed by atoms with E-state index in [2.05, 4.69) is 76.2 Å². The Bertz CT molecular complexity index is 614. The Labute approximate surface area is 212 Å². The summed E-state index contributed by atoms with van der Waals surface area (Å²) in [6.45, 7) is 33.6. The minimum absolute atomic E-state index is 0.0171. The second-order valence-corrected chi connectivity index (χ2v) is 13.4. The van der Waals surface area contributed by atoms with Gasteiger partial charge in [0.15, 0.2) is 0 Å². The number of carbonyl (C=O) groups is 1. The molecule has 204 valence electrons. The summed E-state index contributed by atoms with van der Waals surface area (Å²) in [5.41, 5.74) is -1.36. The van der Waals surface area contributed by atoms with E-state index in [1.165, 1.54) is 0 Å². The molecule has 0 N–H and O–H groups in total. The highest BCUT2D eigenvalue weighted by molar-refractivity contribution is 5.71. The molecule has 1 atom stereocenters. The molecule has 0 aromatic carbocycles. The van der Waals surface area contributed by atoms with Gasteiger partial charge in [0.25, 0.3) is 0 Å². The van der Waals surface area contributed by atoms with Gasteiger partial charge in [-0.25, -0.2) is 0 Å². The summed E-state index contributed by atoms with van der Waals surface area (Å²) in [4.78, 5) is 12.0. The highest BCUT2D eigenvalue weighted by Crippen LogP contribution is 2.43. The van der Waals surface area contributed by atoms with Crippen molar-refractivity contribution in [3.63, 3.8) is 0 Å². The molecule has 0 rings (SSSR count). The summed E-state index contributed by atoms with van der Waals surface area (Å²) in [5.74, 6) is -0.0266. The number of hydrogen-bond donors (Lipinski definition) is 0. The van der Waals surface area contributed by atoms with Gasteiger partial charge in [0.1, 0.15) is 5.60 Å². The Morgan fingerprint density at radius 1 is 0.706 bits per heavy atom. The Kier molecular flexibility index (Phi) is 12.3. The van der Waals surface area contributed by atoms with Gasteiger partial charge in [0.05, 0.1) is 36.4 Å². The van der Waals surface area contributed by atoms with Gasteiger partial charge in [-0.3, -0.25) is 4.79 Å². The lowest BCUT2D eigenvalue weighted by atomic mass is 9.68. The van der Waals surface area contributed by atoms with Gasteiger partial charge >= 0.3 is 5.97 Å². The standard InChI is InChI=1S/C29H58O5/c1-21(2)24(30)34-26(8,9)17-19-32-29(14,15)27(10,11)23(5)20-33-28(12,13)25(6,7)16-18-31-22(3)4/h21-23H,16-20H2,1-15H3. The number of esters is 1. The van der Waals surface area contributed by atoms with Crippen LogP contribution in [-0.4, -0.2) is 48.7 Å². The van der Waals surface area contributed by atoms with E-state index in [1.807, 2.05) is 27.7 Å². The van der Waals surface area contributed by atoms with E-state index in [-0.39, 0.29) is 45.9 Å². The van der Waals surface area contributed by atoms with Gasteiger partial charge in [0.2, 0.25) is 0 Å². The molecular formula is C29H58O5. The third kappa shape index (κ3) is 10.1. The van der Waals surface area contributed by atoms with Gasteiger partial charge < -0.3 is 18.9 Å². The molecule has 0 fully saturated rings. The first-order valence-corrected chi connectivity index (χ1v) is 13.2. The maximum Gasteiger partial charge on any atom is 0.308 e. The molecule has 0 aromatic rings. The number of carbonyl (C=O) groups excluding carboxylic acids is 1. The van der Waals surface area contributed by atoms with Crippen LogP contribution in [0.4, 0.5) is 0 Å². The SMILES string of the molecule is CC(C)OCCC(C)(C)C(C)(C)OCC(C)C(C)(C)C(C)(C)OCCC(C)(C)OC(=O)C(C)C. The third-order valence-corrected chi connectivity index (χ3v) is 8.30. The first kappa shape index (κ1) is 33.4. The lowest BCUT2D eigenvalue weighted by molar-refractivity contribution is -0.172. The normalized spacial score (nSPS) is 15.2. The van der Waals surface area contributed by atoms with Crippen molar-refractivity contribution in [3.8, 4) is 0 Å². The van der Waals surface area contributed by atoms with Gasteiger partial charge in [0, 0.05) is 13.0 Å². The van der Waals surface area contributed by atoms with Crippen LogP contribution in [0.25, 0.3) is 0 Å². The maximum absolute atomic E-state index is 12.0. The fourth-order valence-electron chi connectivity index (χ4n) is 3.36. The van der Waals surface area contributed by atoms with Crippen molar-refractivity contribution in [2.75, 3.05) is 19.8 Å². The molecule has 0 spiro atoms. The average molecular weight is 487 g/mol. The molecular weight excluding hydrogens is 428 g/mol. The van der Waals surface area contributed by atoms with Crippen LogP contribution in [0.5, 0.6) is 0 Å². The smallest absolute Gasteiger partial charge is 0.308 e. The summed E-state index contributed by atoms with van der Waals surface area (Å²) in [5, 5.41) is 0. The zero-order valence-electron chi connectivity index (χ0n) is 25.3. The molecule has 0 radical (unpaired) electrons. The van der Waals surface area contributed by atoms with Crippen molar-refractivity contribution in [2.24, 2.45) is 22.7 Å². The van der Waals surface area contributed by atoms with Crippen molar-refractivity contribution in [1.82, 2.24) is 0 Å². The van der Waals surface area contributed by atoms with E-state index in [9.17, 15) is 4.79 Å². The van der Waals surface area contributed by atoms with Crippen molar-refractivity contribution in [3.05, 3.63) is 0 Å². The summed E-state index contributed by atoms with van der Waals surface area (Å²) in [6.07, 6.45) is 1.84. The first-order chi connectivity index (χ1) is 15.1. The molecule has 0 aliphatic heterocycles. The second kappa shape index (κ2) is 12.5. The van der Waals surface area contributed by atoms with Gasteiger partial charge in [-0.05, 0) is 78.6 Å². The van der Waals surface area contributed by atoms with Gasteiger partial charge in [-0.15, -0.1) is 0 Å². The molecule has 0 amide bonds. The predicted molar refractivity (Wildman–Crippen MR) is 142 cm³/mol. The fourth-order valence-corrected chi connectivity index (χ4v) is 3.36. The highest BCUT2D eigenvalue weighted by Gasteiger charge is 2.44. The molecule has 5 nitrogen and oxygen atoms in total. The summed E-state index contributed by atoms with van der Waals surface area (Å²) < 4.78 is 24.4. The molecule has 0 aromatic heterocycles. The largest absolute Gasteiger partial charge is 0.459 e. The highest BCUT2D eigenvalue weighted by atomic mass is 16.6. The first-order valence-electron chi connectivity index (χ1n) is 13.2. The molecule has 1 unspecified atom stereocenters. The molecule has 0 saturated carbocycles. The van der Waals surface area contributed by atoms with Gasteiger partial charge in [-0.2, -0.15) is 0 Å². The molecule has 0 saturated heterocycles. The van der Waals surface area contributed by atoms with Gasteiger partial charge in [-0.1, -0.05) is 48.5 Å². The van der Waals surface area contributed by atoms with E-state index in [1.54, 1.807) is 0 Å². The number of hydrogen-bond acceptors (Lipinski definition) is 5. The van der Waals surface area contributed by atoms with Crippen LogP contribution in [0.2, 0.25) is 0 Å². The Morgan fingerprint density at radius 2 is 1.24 bits per heavy atom. The van der Waals surface area contributed by atoms with Crippen LogP contribution in [0.1, 0.15) is 117 Å². The average Bonchev–Trinajstić information content (AvgIpc) is 2.64. The monoisotopic (exact) mass is 486 g/mol. The van der Waals surface area contributed by atoms with E-state index >= 15 is 0 Å². The van der Waals surface area contributed by atoms with E-state index in [0.717, 1.165) is 13.0 Å². The summed E-state index contributed by atoms with van der Waals surface area (Å²) >= 11 is 0. The van der Waals surface area contributed by atoms with Crippen LogP contribution >= 0.6 is 0 Å². The molecule has 34 heavy (non-hydrogen) atoms. The van der Waals surface area contributed by atoms with Crippen LogP contribution in [0.3, 0.4) is 0 Å².